The largest absolute Gasteiger partial charge is 0.490 e. The second-order valence-corrected chi connectivity index (χ2v) is 6.55. The van der Waals surface area contributed by atoms with Gasteiger partial charge in [-0.05, 0) is 50.5 Å². The van der Waals surface area contributed by atoms with E-state index in [4.69, 9.17) is 9.47 Å². The lowest BCUT2D eigenvalue weighted by molar-refractivity contribution is -0.135. The van der Waals surface area contributed by atoms with Crippen LogP contribution in [-0.4, -0.2) is 49.6 Å². The van der Waals surface area contributed by atoms with Crippen LogP contribution in [0.25, 0.3) is 6.08 Å². The maximum Gasteiger partial charge on any atom is 0.262 e. The standard InChI is InChI=1S/C20H25N3O4/c1-5-26-18-11-14(10-15(12-21)19(24)22-16-7-8-16)6-9-17(18)27-13(2)20(25)23(3)4/h6,9-11,13,16H,5,7-8H2,1-4H3,(H,22,24)/b15-10+. The third-order valence-corrected chi connectivity index (χ3v) is 3.95. The number of nitrogens with one attached hydrogen (secondary N) is 1. The highest BCUT2D eigenvalue weighted by atomic mass is 16.5. The summed E-state index contributed by atoms with van der Waals surface area (Å²) in [5.74, 6) is 0.343. The molecule has 0 aromatic heterocycles. The van der Waals surface area contributed by atoms with Gasteiger partial charge in [0.2, 0.25) is 0 Å². The van der Waals surface area contributed by atoms with Crippen molar-refractivity contribution in [2.75, 3.05) is 20.7 Å². The second-order valence-electron chi connectivity index (χ2n) is 6.55. The minimum Gasteiger partial charge on any atom is -0.490 e. The molecule has 0 heterocycles. The summed E-state index contributed by atoms with van der Waals surface area (Å²) in [4.78, 5) is 25.6. The van der Waals surface area contributed by atoms with E-state index >= 15 is 0 Å². The number of nitriles is 1. The van der Waals surface area contributed by atoms with Crippen LogP contribution >= 0.6 is 0 Å². The molecule has 0 saturated heterocycles. The van der Waals surface area contributed by atoms with Gasteiger partial charge in [0, 0.05) is 20.1 Å². The Kier molecular flexibility index (Phi) is 6.83. The zero-order chi connectivity index (χ0) is 20.0. The van der Waals surface area contributed by atoms with Crippen LogP contribution in [0.15, 0.2) is 23.8 Å². The van der Waals surface area contributed by atoms with E-state index in [0.717, 1.165) is 12.8 Å². The highest BCUT2D eigenvalue weighted by Crippen LogP contribution is 2.30. The molecule has 1 aliphatic carbocycles. The van der Waals surface area contributed by atoms with Crippen LogP contribution in [0, 0.1) is 11.3 Å². The lowest BCUT2D eigenvalue weighted by Crippen LogP contribution is -2.35. The summed E-state index contributed by atoms with van der Waals surface area (Å²) < 4.78 is 11.3. The summed E-state index contributed by atoms with van der Waals surface area (Å²) in [6, 6.07) is 7.19. The lowest BCUT2D eigenvalue weighted by Gasteiger charge is -2.20. The summed E-state index contributed by atoms with van der Waals surface area (Å²) in [6.45, 7) is 3.92. The predicted molar refractivity (Wildman–Crippen MR) is 101 cm³/mol. The summed E-state index contributed by atoms with van der Waals surface area (Å²) in [6.07, 6.45) is 2.75. The first kappa shape index (κ1) is 20.3. The van der Waals surface area contributed by atoms with Gasteiger partial charge in [-0.25, -0.2) is 0 Å². The van der Waals surface area contributed by atoms with Gasteiger partial charge >= 0.3 is 0 Å². The number of benzene rings is 1. The maximum absolute atomic E-state index is 12.1. The highest BCUT2D eigenvalue weighted by Gasteiger charge is 2.25. The molecule has 1 fully saturated rings. The van der Waals surface area contributed by atoms with Crippen LogP contribution in [0.2, 0.25) is 0 Å². The van der Waals surface area contributed by atoms with Gasteiger partial charge in [-0.15, -0.1) is 0 Å². The molecule has 1 N–H and O–H groups in total. The molecule has 7 heteroatoms. The minimum atomic E-state index is -0.667. The first-order chi connectivity index (χ1) is 12.8. The van der Waals surface area contributed by atoms with Crippen molar-refractivity contribution in [3.05, 3.63) is 29.3 Å². The molecule has 27 heavy (non-hydrogen) atoms. The molecule has 0 aliphatic heterocycles. The van der Waals surface area contributed by atoms with Gasteiger partial charge in [-0.2, -0.15) is 5.26 Å². The van der Waals surface area contributed by atoms with Gasteiger partial charge in [0.05, 0.1) is 6.61 Å². The molecule has 1 aliphatic rings. The molecule has 0 radical (unpaired) electrons. The summed E-state index contributed by atoms with van der Waals surface area (Å²) in [7, 11) is 3.32. The first-order valence-corrected chi connectivity index (χ1v) is 8.93. The topological polar surface area (TPSA) is 91.7 Å². The van der Waals surface area contributed by atoms with Crippen LogP contribution in [0.3, 0.4) is 0 Å². The number of ether oxygens (including phenoxy) is 2. The van der Waals surface area contributed by atoms with Crippen LogP contribution in [0.5, 0.6) is 11.5 Å². The minimum absolute atomic E-state index is 0.0363. The Balaban J connectivity index is 2.22. The Bertz CT molecular complexity index is 776. The Morgan fingerprint density at radius 1 is 1.37 bits per heavy atom. The normalized spacial score (nSPS) is 14.7. The van der Waals surface area contributed by atoms with E-state index in [2.05, 4.69) is 5.32 Å². The smallest absolute Gasteiger partial charge is 0.262 e. The van der Waals surface area contributed by atoms with E-state index in [9.17, 15) is 14.9 Å². The average Bonchev–Trinajstić information content (AvgIpc) is 3.44. The van der Waals surface area contributed by atoms with Crippen molar-refractivity contribution in [2.24, 2.45) is 0 Å². The number of carbonyl (C=O) groups excluding carboxylic acids is 2. The monoisotopic (exact) mass is 371 g/mol. The Morgan fingerprint density at radius 3 is 2.63 bits per heavy atom. The Hall–Kier alpha value is -3.01. The lowest BCUT2D eigenvalue weighted by atomic mass is 10.1. The number of nitrogens with zero attached hydrogens (tertiary/aromatic N) is 2. The van der Waals surface area contributed by atoms with E-state index < -0.39 is 6.10 Å². The Morgan fingerprint density at radius 2 is 2.07 bits per heavy atom. The summed E-state index contributed by atoms with van der Waals surface area (Å²) in [5.41, 5.74) is 0.675. The quantitative estimate of drug-likeness (QED) is 0.558. The maximum atomic E-state index is 12.1. The summed E-state index contributed by atoms with van der Waals surface area (Å²) >= 11 is 0. The predicted octanol–water partition coefficient (Wildman–Crippen LogP) is 2.13. The molecular formula is C20H25N3O4. The fraction of sp³-hybridized carbons (Fsp3) is 0.450. The van der Waals surface area contributed by atoms with E-state index in [1.165, 1.54) is 11.0 Å². The van der Waals surface area contributed by atoms with Crippen LogP contribution in [0.4, 0.5) is 0 Å². The molecule has 1 saturated carbocycles. The van der Waals surface area contributed by atoms with Crippen molar-refractivity contribution < 1.29 is 19.1 Å². The van der Waals surface area contributed by atoms with E-state index in [1.54, 1.807) is 39.2 Å². The van der Waals surface area contributed by atoms with E-state index in [1.807, 2.05) is 13.0 Å². The van der Waals surface area contributed by atoms with Crippen molar-refractivity contribution >= 4 is 17.9 Å². The van der Waals surface area contributed by atoms with Crippen LogP contribution < -0.4 is 14.8 Å². The molecule has 7 nitrogen and oxygen atoms in total. The fourth-order valence-electron chi connectivity index (χ4n) is 2.39. The number of likely N-dealkylation sites (N-methyl/N-ethyl adjacent to an activating group) is 1. The molecule has 2 rings (SSSR count). The molecule has 1 unspecified atom stereocenters. The van der Waals surface area contributed by atoms with Crippen molar-refractivity contribution in [1.29, 1.82) is 5.26 Å². The first-order valence-electron chi connectivity index (χ1n) is 8.93. The average molecular weight is 371 g/mol. The number of amides is 2. The molecule has 0 bridgehead atoms. The van der Waals surface area contributed by atoms with Crippen LogP contribution in [0.1, 0.15) is 32.3 Å². The van der Waals surface area contributed by atoms with Crippen LogP contribution in [-0.2, 0) is 9.59 Å². The van der Waals surface area contributed by atoms with Gasteiger partial charge in [-0.3, -0.25) is 9.59 Å². The van der Waals surface area contributed by atoms with Gasteiger partial charge in [0.15, 0.2) is 17.6 Å². The van der Waals surface area contributed by atoms with Crippen molar-refractivity contribution in [3.63, 3.8) is 0 Å². The fourth-order valence-corrected chi connectivity index (χ4v) is 2.39. The Labute approximate surface area is 159 Å². The van der Waals surface area contributed by atoms with Crippen molar-refractivity contribution in [2.45, 2.75) is 38.8 Å². The molecule has 1 aromatic rings. The number of carbonyl (C=O) groups is 2. The number of rotatable bonds is 8. The zero-order valence-corrected chi connectivity index (χ0v) is 16.1. The number of hydrogen-bond donors (Lipinski definition) is 1. The van der Waals surface area contributed by atoms with Crippen molar-refractivity contribution in [3.8, 4) is 17.6 Å². The van der Waals surface area contributed by atoms with Gasteiger partial charge < -0.3 is 19.7 Å². The van der Waals surface area contributed by atoms with Gasteiger partial charge in [-0.1, -0.05) is 6.07 Å². The molecule has 1 aromatic carbocycles. The second kappa shape index (κ2) is 9.08. The van der Waals surface area contributed by atoms with Gasteiger partial charge in [0.1, 0.15) is 11.6 Å². The molecule has 144 valence electrons. The third-order valence-electron chi connectivity index (χ3n) is 3.95. The molecule has 2 amide bonds. The van der Waals surface area contributed by atoms with E-state index in [0.29, 0.717) is 23.7 Å². The summed E-state index contributed by atoms with van der Waals surface area (Å²) in [5, 5.41) is 12.1. The highest BCUT2D eigenvalue weighted by molar-refractivity contribution is 6.02. The molecule has 1 atom stereocenters. The zero-order valence-electron chi connectivity index (χ0n) is 16.1. The molecular weight excluding hydrogens is 346 g/mol. The SMILES string of the molecule is CCOc1cc(/C=C(\C#N)C(=O)NC2CC2)ccc1OC(C)C(=O)N(C)C. The number of hydrogen-bond acceptors (Lipinski definition) is 5. The van der Waals surface area contributed by atoms with E-state index in [-0.39, 0.29) is 23.4 Å². The third kappa shape index (κ3) is 5.74. The molecule has 0 spiro atoms. The van der Waals surface area contributed by atoms with Crippen molar-refractivity contribution in [1.82, 2.24) is 10.2 Å². The van der Waals surface area contributed by atoms with Gasteiger partial charge in [0.25, 0.3) is 11.8 Å².